The first-order valence-electron chi connectivity index (χ1n) is 5.13. The number of aromatic nitrogens is 2. The molecule has 1 N–H and O–H groups in total. The second-order valence-corrected chi connectivity index (χ2v) is 4.75. The molecule has 1 aromatic carbocycles. The van der Waals surface area contributed by atoms with Crippen molar-refractivity contribution in [2.45, 2.75) is 13.5 Å². The fourth-order valence-corrected chi connectivity index (χ4v) is 1.91. The summed E-state index contributed by atoms with van der Waals surface area (Å²) in [6.45, 7) is 2.89. The average molecular weight is 280 g/mol. The predicted octanol–water partition coefficient (Wildman–Crippen LogP) is 3.10. The molecule has 0 aliphatic rings. The molecule has 0 atom stereocenters. The Morgan fingerprint density at radius 1 is 1.44 bits per heavy atom. The third-order valence-corrected chi connectivity index (χ3v) is 2.93. The summed E-state index contributed by atoms with van der Waals surface area (Å²) in [6.07, 6.45) is 3.89. The van der Waals surface area contributed by atoms with E-state index in [1.807, 2.05) is 30.2 Å². The van der Waals surface area contributed by atoms with Crippen LogP contribution < -0.4 is 5.32 Å². The number of hydrogen-bond donors (Lipinski definition) is 1. The van der Waals surface area contributed by atoms with Crippen LogP contribution in [-0.4, -0.2) is 9.78 Å². The van der Waals surface area contributed by atoms with Crippen LogP contribution in [0.3, 0.4) is 0 Å². The van der Waals surface area contributed by atoms with E-state index < -0.39 is 0 Å². The lowest BCUT2D eigenvalue weighted by Gasteiger charge is -2.08. The van der Waals surface area contributed by atoms with E-state index in [0.717, 1.165) is 16.7 Å². The van der Waals surface area contributed by atoms with E-state index in [1.165, 1.54) is 11.1 Å². The highest BCUT2D eigenvalue weighted by molar-refractivity contribution is 9.10. The van der Waals surface area contributed by atoms with Gasteiger partial charge >= 0.3 is 0 Å². The molecule has 0 unspecified atom stereocenters. The fourth-order valence-electron chi connectivity index (χ4n) is 1.55. The third-order valence-electron chi connectivity index (χ3n) is 2.44. The van der Waals surface area contributed by atoms with Crippen molar-refractivity contribution in [2.24, 2.45) is 7.05 Å². The van der Waals surface area contributed by atoms with Crippen molar-refractivity contribution in [2.75, 3.05) is 5.32 Å². The molecular weight excluding hydrogens is 266 g/mol. The fraction of sp³-hybridized carbons (Fsp3) is 0.250. The molecule has 4 heteroatoms. The first kappa shape index (κ1) is 11.2. The number of anilines is 1. The largest absolute Gasteiger partial charge is 0.381 e. The summed E-state index contributed by atoms with van der Waals surface area (Å²) in [5.41, 5.74) is 3.58. The Balaban J connectivity index is 2.07. The number of rotatable bonds is 3. The lowest BCUT2D eigenvalue weighted by atomic mass is 10.2. The SMILES string of the molecule is Cc1ccc(Br)cc1NCc1cnn(C)c1. The Labute approximate surface area is 104 Å². The van der Waals surface area contributed by atoms with E-state index in [0.29, 0.717) is 0 Å². The number of halogens is 1. The third kappa shape index (κ3) is 2.64. The monoisotopic (exact) mass is 279 g/mol. The van der Waals surface area contributed by atoms with E-state index in [-0.39, 0.29) is 0 Å². The van der Waals surface area contributed by atoms with Gasteiger partial charge in [-0.15, -0.1) is 0 Å². The molecule has 16 heavy (non-hydrogen) atoms. The van der Waals surface area contributed by atoms with Crippen LogP contribution in [0, 0.1) is 6.92 Å². The Kier molecular flexibility index (Phi) is 3.29. The normalized spacial score (nSPS) is 10.4. The predicted molar refractivity (Wildman–Crippen MR) is 69.4 cm³/mol. The molecule has 0 spiro atoms. The van der Waals surface area contributed by atoms with E-state index >= 15 is 0 Å². The number of benzene rings is 1. The van der Waals surface area contributed by atoms with Crippen molar-refractivity contribution in [3.8, 4) is 0 Å². The molecule has 0 aliphatic carbocycles. The van der Waals surface area contributed by atoms with Gasteiger partial charge in [0.2, 0.25) is 0 Å². The molecule has 1 heterocycles. The van der Waals surface area contributed by atoms with E-state index in [1.54, 1.807) is 0 Å². The summed E-state index contributed by atoms with van der Waals surface area (Å²) in [7, 11) is 1.92. The summed E-state index contributed by atoms with van der Waals surface area (Å²) in [4.78, 5) is 0. The molecule has 2 aromatic rings. The standard InChI is InChI=1S/C12H14BrN3/c1-9-3-4-11(13)5-12(9)14-6-10-7-15-16(2)8-10/h3-5,7-8,14H,6H2,1-2H3. The van der Waals surface area contributed by atoms with Crippen LogP contribution in [-0.2, 0) is 13.6 Å². The number of nitrogens with one attached hydrogen (secondary N) is 1. The molecule has 0 saturated carbocycles. The van der Waals surface area contributed by atoms with Gasteiger partial charge in [-0.05, 0) is 24.6 Å². The highest BCUT2D eigenvalue weighted by atomic mass is 79.9. The van der Waals surface area contributed by atoms with E-state index in [4.69, 9.17) is 0 Å². The van der Waals surface area contributed by atoms with Gasteiger partial charge in [0.05, 0.1) is 6.20 Å². The summed E-state index contributed by atoms with van der Waals surface area (Å²) in [5.74, 6) is 0. The van der Waals surface area contributed by atoms with Crippen molar-refractivity contribution in [1.82, 2.24) is 9.78 Å². The van der Waals surface area contributed by atoms with Gasteiger partial charge in [0, 0.05) is 35.5 Å². The second kappa shape index (κ2) is 4.70. The maximum absolute atomic E-state index is 4.14. The van der Waals surface area contributed by atoms with Gasteiger partial charge in [0.1, 0.15) is 0 Å². The smallest absolute Gasteiger partial charge is 0.0539 e. The van der Waals surface area contributed by atoms with E-state index in [9.17, 15) is 0 Å². The van der Waals surface area contributed by atoms with Crippen LogP contribution in [0.25, 0.3) is 0 Å². The number of nitrogens with zero attached hydrogens (tertiary/aromatic N) is 2. The van der Waals surface area contributed by atoms with Gasteiger partial charge in [0.25, 0.3) is 0 Å². The quantitative estimate of drug-likeness (QED) is 0.936. The lowest BCUT2D eigenvalue weighted by Crippen LogP contribution is -2.00. The zero-order valence-corrected chi connectivity index (χ0v) is 11.0. The summed E-state index contributed by atoms with van der Waals surface area (Å²) < 4.78 is 2.90. The maximum atomic E-state index is 4.14. The van der Waals surface area contributed by atoms with Gasteiger partial charge in [-0.3, -0.25) is 4.68 Å². The topological polar surface area (TPSA) is 29.9 Å². The average Bonchev–Trinajstić information content (AvgIpc) is 2.66. The minimum Gasteiger partial charge on any atom is -0.381 e. The highest BCUT2D eigenvalue weighted by Crippen LogP contribution is 2.21. The van der Waals surface area contributed by atoms with Crippen LogP contribution in [0.1, 0.15) is 11.1 Å². The van der Waals surface area contributed by atoms with Crippen molar-refractivity contribution < 1.29 is 0 Å². The molecule has 0 bridgehead atoms. The highest BCUT2D eigenvalue weighted by Gasteiger charge is 2.00. The first-order chi connectivity index (χ1) is 7.65. The van der Waals surface area contributed by atoms with Gasteiger partial charge in [-0.1, -0.05) is 22.0 Å². The second-order valence-electron chi connectivity index (χ2n) is 3.84. The van der Waals surface area contributed by atoms with Gasteiger partial charge in [-0.25, -0.2) is 0 Å². The summed E-state index contributed by atoms with van der Waals surface area (Å²) >= 11 is 3.47. The minimum absolute atomic E-state index is 0.797. The van der Waals surface area contributed by atoms with Gasteiger partial charge < -0.3 is 5.32 Å². The summed E-state index contributed by atoms with van der Waals surface area (Å²) in [5, 5.41) is 7.54. The van der Waals surface area contributed by atoms with Gasteiger partial charge in [-0.2, -0.15) is 5.10 Å². The Bertz CT molecular complexity index is 491. The first-order valence-corrected chi connectivity index (χ1v) is 5.92. The molecule has 3 nitrogen and oxygen atoms in total. The van der Waals surface area contributed by atoms with Crippen molar-refractivity contribution >= 4 is 21.6 Å². The van der Waals surface area contributed by atoms with Gasteiger partial charge in [0.15, 0.2) is 0 Å². The minimum atomic E-state index is 0.797. The Hall–Kier alpha value is -1.29. The number of hydrogen-bond acceptors (Lipinski definition) is 2. The molecule has 0 fully saturated rings. The Morgan fingerprint density at radius 2 is 2.25 bits per heavy atom. The molecule has 84 valence electrons. The Morgan fingerprint density at radius 3 is 2.94 bits per heavy atom. The maximum Gasteiger partial charge on any atom is 0.0539 e. The zero-order valence-electron chi connectivity index (χ0n) is 9.37. The summed E-state index contributed by atoms with van der Waals surface area (Å²) in [6, 6.07) is 6.23. The van der Waals surface area contributed by atoms with Crippen molar-refractivity contribution in [3.63, 3.8) is 0 Å². The molecule has 0 amide bonds. The molecule has 0 saturated heterocycles. The van der Waals surface area contributed by atoms with Crippen LogP contribution in [0.4, 0.5) is 5.69 Å². The van der Waals surface area contributed by atoms with Crippen molar-refractivity contribution in [1.29, 1.82) is 0 Å². The zero-order chi connectivity index (χ0) is 11.5. The van der Waals surface area contributed by atoms with Crippen LogP contribution in [0.5, 0.6) is 0 Å². The van der Waals surface area contributed by atoms with E-state index in [2.05, 4.69) is 45.4 Å². The lowest BCUT2D eigenvalue weighted by molar-refractivity contribution is 0.767. The molecular formula is C12H14BrN3. The number of aryl methyl sites for hydroxylation is 2. The molecule has 1 aromatic heterocycles. The molecule has 0 radical (unpaired) electrons. The van der Waals surface area contributed by atoms with Crippen LogP contribution in [0.15, 0.2) is 35.1 Å². The van der Waals surface area contributed by atoms with Crippen LogP contribution in [0.2, 0.25) is 0 Å². The molecule has 0 aliphatic heterocycles. The van der Waals surface area contributed by atoms with Crippen LogP contribution >= 0.6 is 15.9 Å². The molecule has 2 rings (SSSR count). The van der Waals surface area contributed by atoms with Crippen molar-refractivity contribution in [3.05, 3.63) is 46.2 Å².